The lowest BCUT2D eigenvalue weighted by molar-refractivity contribution is 0.464. The van der Waals surface area contributed by atoms with Crippen LogP contribution in [0.1, 0.15) is 29.0 Å². The van der Waals surface area contributed by atoms with E-state index in [4.69, 9.17) is 0 Å². The summed E-state index contributed by atoms with van der Waals surface area (Å²) >= 11 is 0. The van der Waals surface area contributed by atoms with Gasteiger partial charge in [0.1, 0.15) is 5.75 Å². The number of para-hydroxylation sites is 1. The lowest BCUT2D eigenvalue weighted by atomic mass is 9.82. The average molecular weight is 222 g/mol. The van der Waals surface area contributed by atoms with E-state index in [1.807, 2.05) is 18.2 Å². The minimum Gasteiger partial charge on any atom is -0.508 e. The molecule has 2 aromatic carbocycles. The van der Waals surface area contributed by atoms with Crippen molar-refractivity contribution in [2.45, 2.75) is 12.3 Å². The summed E-state index contributed by atoms with van der Waals surface area (Å²) in [6.45, 7) is 0. The van der Waals surface area contributed by atoms with Gasteiger partial charge in [-0.3, -0.25) is 0 Å². The fourth-order valence-corrected chi connectivity index (χ4v) is 2.51. The first-order chi connectivity index (χ1) is 8.36. The molecular weight excluding hydrogens is 208 g/mol. The Morgan fingerprint density at radius 3 is 2.41 bits per heavy atom. The van der Waals surface area contributed by atoms with Crippen molar-refractivity contribution >= 4 is 6.08 Å². The van der Waals surface area contributed by atoms with E-state index in [1.165, 1.54) is 11.1 Å². The topological polar surface area (TPSA) is 20.2 Å². The van der Waals surface area contributed by atoms with Crippen molar-refractivity contribution in [2.24, 2.45) is 0 Å². The van der Waals surface area contributed by atoms with Crippen molar-refractivity contribution in [3.05, 3.63) is 71.3 Å². The first-order valence-corrected chi connectivity index (χ1v) is 5.89. The van der Waals surface area contributed by atoms with Crippen molar-refractivity contribution < 1.29 is 5.11 Å². The Morgan fingerprint density at radius 2 is 1.59 bits per heavy atom. The molecule has 0 radical (unpaired) electrons. The molecular formula is C16H14O. The molecule has 1 atom stereocenters. The largest absolute Gasteiger partial charge is 0.508 e. The number of hydrogen-bond acceptors (Lipinski definition) is 1. The van der Waals surface area contributed by atoms with Crippen LogP contribution >= 0.6 is 0 Å². The standard InChI is InChI=1S/C16H14O/c17-16-11-4-3-9-15(16)14-10-5-7-12-6-1-2-8-13(12)14/h1-9,11,14,17H,10H2. The van der Waals surface area contributed by atoms with Gasteiger partial charge in [-0.2, -0.15) is 0 Å². The normalized spacial score (nSPS) is 17.8. The summed E-state index contributed by atoms with van der Waals surface area (Å²) in [7, 11) is 0. The van der Waals surface area contributed by atoms with Crippen LogP contribution in [-0.4, -0.2) is 5.11 Å². The molecule has 0 spiro atoms. The lowest BCUT2D eigenvalue weighted by Crippen LogP contribution is -2.05. The molecule has 3 rings (SSSR count). The molecule has 2 aromatic rings. The van der Waals surface area contributed by atoms with Crippen LogP contribution in [0, 0.1) is 0 Å². The SMILES string of the molecule is Oc1ccccc1C1CC=Cc2ccccc21. The van der Waals surface area contributed by atoms with Crippen LogP contribution in [0.3, 0.4) is 0 Å². The zero-order valence-electron chi connectivity index (χ0n) is 9.51. The van der Waals surface area contributed by atoms with Crippen molar-refractivity contribution in [3.8, 4) is 5.75 Å². The zero-order valence-corrected chi connectivity index (χ0v) is 9.51. The molecule has 17 heavy (non-hydrogen) atoms. The van der Waals surface area contributed by atoms with Crippen molar-refractivity contribution in [3.63, 3.8) is 0 Å². The molecule has 0 saturated heterocycles. The minimum absolute atomic E-state index is 0.275. The van der Waals surface area contributed by atoms with Gasteiger partial charge in [0.25, 0.3) is 0 Å². The number of rotatable bonds is 1. The second kappa shape index (κ2) is 4.10. The summed E-state index contributed by atoms with van der Waals surface area (Å²) in [4.78, 5) is 0. The Balaban J connectivity index is 2.12. The fourth-order valence-electron chi connectivity index (χ4n) is 2.51. The van der Waals surface area contributed by atoms with Crippen LogP contribution in [0.4, 0.5) is 0 Å². The molecule has 1 nitrogen and oxygen atoms in total. The molecule has 1 aliphatic rings. The Morgan fingerprint density at radius 1 is 0.882 bits per heavy atom. The van der Waals surface area contributed by atoms with Gasteiger partial charge in [0.05, 0.1) is 0 Å². The molecule has 84 valence electrons. The first-order valence-electron chi connectivity index (χ1n) is 5.89. The monoisotopic (exact) mass is 222 g/mol. The highest BCUT2D eigenvalue weighted by Crippen LogP contribution is 2.38. The minimum atomic E-state index is 0.275. The third-order valence-corrected chi connectivity index (χ3v) is 3.35. The van der Waals surface area contributed by atoms with E-state index >= 15 is 0 Å². The summed E-state index contributed by atoms with van der Waals surface area (Å²) in [5, 5.41) is 9.96. The predicted molar refractivity (Wildman–Crippen MR) is 70.0 cm³/mol. The number of phenols is 1. The maximum absolute atomic E-state index is 9.96. The van der Waals surface area contributed by atoms with Crippen LogP contribution < -0.4 is 0 Å². The average Bonchev–Trinajstić information content (AvgIpc) is 2.39. The number of hydrogen-bond donors (Lipinski definition) is 1. The third-order valence-electron chi connectivity index (χ3n) is 3.35. The summed E-state index contributed by atoms with van der Waals surface area (Å²) in [6.07, 6.45) is 5.29. The van der Waals surface area contributed by atoms with Crippen LogP contribution in [0.2, 0.25) is 0 Å². The summed E-state index contributed by atoms with van der Waals surface area (Å²) in [5.74, 6) is 0.667. The first kappa shape index (κ1) is 10.2. The maximum atomic E-state index is 9.96. The van der Waals surface area contributed by atoms with E-state index in [0.717, 1.165) is 12.0 Å². The van der Waals surface area contributed by atoms with Gasteiger partial charge in [0, 0.05) is 11.5 Å². The third kappa shape index (κ3) is 1.74. The molecule has 0 amide bonds. The molecule has 1 aliphatic carbocycles. The highest BCUT2D eigenvalue weighted by molar-refractivity contribution is 5.60. The van der Waals surface area contributed by atoms with E-state index in [9.17, 15) is 5.11 Å². The molecule has 1 N–H and O–H groups in total. The Bertz CT molecular complexity index is 569. The van der Waals surface area contributed by atoms with Crippen LogP contribution in [-0.2, 0) is 0 Å². The van der Waals surface area contributed by atoms with Gasteiger partial charge in [-0.1, -0.05) is 54.6 Å². The van der Waals surface area contributed by atoms with Gasteiger partial charge in [-0.25, -0.2) is 0 Å². The van der Waals surface area contributed by atoms with E-state index in [0.29, 0.717) is 5.75 Å². The Labute approximate surface area is 101 Å². The van der Waals surface area contributed by atoms with Crippen molar-refractivity contribution in [2.75, 3.05) is 0 Å². The van der Waals surface area contributed by atoms with Crippen molar-refractivity contribution in [1.82, 2.24) is 0 Å². The maximum Gasteiger partial charge on any atom is 0.119 e. The molecule has 0 aromatic heterocycles. The van der Waals surface area contributed by atoms with E-state index in [1.54, 1.807) is 6.07 Å². The molecule has 0 bridgehead atoms. The Hall–Kier alpha value is -2.02. The number of benzene rings is 2. The summed E-state index contributed by atoms with van der Waals surface area (Å²) in [5.41, 5.74) is 3.58. The second-order valence-corrected chi connectivity index (χ2v) is 4.38. The smallest absolute Gasteiger partial charge is 0.119 e. The van der Waals surface area contributed by atoms with Gasteiger partial charge in [0.2, 0.25) is 0 Å². The van der Waals surface area contributed by atoms with Gasteiger partial charge in [-0.15, -0.1) is 0 Å². The van der Waals surface area contributed by atoms with Crippen LogP contribution in [0.5, 0.6) is 5.75 Å². The van der Waals surface area contributed by atoms with Crippen molar-refractivity contribution in [1.29, 1.82) is 0 Å². The number of aromatic hydroxyl groups is 1. The Kier molecular flexibility index (Phi) is 2.45. The van der Waals surface area contributed by atoms with Gasteiger partial charge >= 0.3 is 0 Å². The van der Waals surface area contributed by atoms with E-state index in [-0.39, 0.29) is 5.92 Å². The van der Waals surface area contributed by atoms with Crippen LogP contribution in [0.25, 0.3) is 6.08 Å². The van der Waals surface area contributed by atoms with Gasteiger partial charge < -0.3 is 5.11 Å². The fraction of sp³-hybridized carbons (Fsp3) is 0.125. The molecule has 0 heterocycles. The zero-order chi connectivity index (χ0) is 11.7. The van der Waals surface area contributed by atoms with Gasteiger partial charge in [-0.05, 0) is 23.6 Å². The van der Waals surface area contributed by atoms with Gasteiger partial charge in [0.15, 0.2) is 0 Å². The quantitative estimate of drug-likeness (QED) is 0.774. The lowest BCUT2D eigenvalue weighted by Gasteiger charge is -2.22. The van der Waals surface area contributed by atoms with E-state index in [2.05, 4.69) is 36.4 Å². The number of allylic oxidation sites excluding steroid dienone is 1. The highest BCUT2D eigenvalue weighted by Gasteiger charge is 2.20. The molecule has 1 unspecified atom stereocenters. The number of phenolic OH excluding ortho intramolecular Hbond substituents is 1. The summed E-state index contributed by atoms with van der Waals surface area (Å²) in [6, 6.07) is 16.0. The second-order valence-electron chi connectivity index (χ2n) is 4.38. The van der Waals surface area contributed by atoms with E-state index < -0.39 is 0 Å². The highest BCUT2D eigenvalue weighted by atomic mass is 16.3. The predicted octanol–water partition coefficient (Wildman–Crippen LogP) is 3.94. The molecule has 0 saturated carbocycles. The molecule has 1 heteroatoms. The van der Waals surface area contributed by atoms with Crippen LogP contribution in [0.15, 0.2) is 54.6 Å². The number of fused-ring (bicyclic) bond motifs is 1. The molecule has 0 aliphatic heterocycles. The molecule has 0 fully saturated rings. The summed E-state index contributed by atoms with van der Waals surface area (Å²) < 4.78 is 0.